The zero-order valence-electron chi connectivity index (χ0n) is 15.8. The first-order chi connectivity index (χ1) is 13.6. The minimum absolute atomic E-state index is 0.648. The lowest BCUT2D eigenvalue weighted by Crippen LogP contribution is -2.17. The fraction of sp³-hybridized carbons (Fsp3) is 0.130. The Kier molecular flexibility index (Phi) is 6.81. The van der Waals surface area contributed by atoms with E-state index in [0.29, 0.717) is 18.0 Å². The van der Waals surface area contributed by atoms with Crippen LogP contribution in [0, 0.1) is 0 Å². The Morgan fingerprint density at radius 1 is 0.929 bits per heavy atom. The average molecular weight is 503 g/mol. The van der Waals surface area contributed by atoms with Crippen LogP contribution < -0.4 is 14.4 Å². The van der Waals surface area contributed by atoms with Gasteiger partial charge in [0.2, 0.25) is 0 Å². The van der Waals surface area contributed by atoms with Crippen LogP contribution in [0.2, 0.25) is 0 Å². The number of methoxy groups -OCH3 is 2. The number of hydrogen-bond donors (Lipinski definition) is 0. The quantitative estimate of drug-likeness (QED) is 0.340. The molecule has 0 fully saturated rings. The van der Waals surface area contributed by atoms with Gasteiger partial charge < -0.3 is 14.4 Å². The third-order valence-corrected chi connectivity index (χ3v) is 5.79. The van der Waals surface area contributed by atoms with Crippen molar-refractivity contribution in [1.29, 1.82) is 0 Å². The number of ether oxygens (including phenoxy) is 2. The van der Waals surface area contributed by atoms with Gasteiger partial charge >= 0.3 is 0 Å². The van der Waals surface area contributed by atoms with Crippen LogP contribution in [-0.2, 0) is 6.54 Å². The molecule has 0 spiro atoms. The number of halogens is 2. The standard InChI is InChI=1S/C23H21Br2NO2/c1-4-16-10-12-17(13-11-16)15-26(18-8-6-5-7-9-18)20-14-19(24)22(27-2)23(28-3)21(20)25/h4-14H,1,15H2,2-3H3. The monoisotopic (exact) mass is 501 g/mol. The summed E-state index contributed by atoms with van der Waals surface area (Å²) in [6.07, 6.45) is 1.85. The molecule has 0 aliphatic carbocycles. The molecule has 0 bridgehead atoms. The summed E-state index contributed by atoms with van der Waals surface area (Å²) in [5, 5.41) is 0. The van der Waals surface area contributed by atoms with Crippen molar-refractivity contribution in [3.05, 3.63) is 87.3 Å². The lowest BCUT2D eigenvalue weighted by atomic mass is 10.1. The SMILES string of the molecule is C=Cc1ccc(CN(c2ccccc2)c2cc(Br)c(OC)c(OC)c2Br)cc1. The number of anilines is 2. The Hall–Kier alpha value is -2.24. The zero-order chi connectivity index (χ0) is 20.1. The van der Waals surface area contributed by atoms with E-state index in [1.807, 2.05) is 30.3 Å². The molecule has 0 amide bonds. The van der Waals surface area contributed by atoms with Crippen molar-refractivity contribution >= 4 is 49.3 Å². The summed E-state index contributed by atoms with van der Waals surface area (Å²) < 4.78 is 12.8. The Morgan fingerprint density at radius 2 is 1.57 bits per heavy atom. The molecule has 3 aromatic rings. The highest BCUT2D eigenvalue weighted by Gasteiger charge is 2.22. The van der Waals surface area contributed by atoms with Crippen molar-refractivity contribution in [1.82, 2.24) is 0 Å². The summed E-state index contributed by atoms with van der Waals surface area (Å²) in [6, 6.07) is 20.7. The lowest BCUT2D eigenvalue weighted by Gasteiger charge is -2.28. The van der Waals surface area contributed by atoms with E-state index in [4.69, 9.17) is 9.47 Å². The van der Waals surface area contributed by atoms with Crippen LogP contribution in [0.5, 0.6) is 11.5 Å². The second-order valence-electron chi connectivity index (χ2n) is 6.13. The van der Waals surface area contributed by atoms with E-state index in [2.05, 4.69) is 79.7 Å². The molecule has 0 saturated carbocycles. The van der Waals surface area contributed by atoms with E-state index < -0.39 is 0 Å². The fourth-order valence-corrected chi connectivity index (χ4v) is 4.24. The maximum Gasteiger partial charge on any atom is 0.178 e. The van der Waals surface area contributed by atoms with Crippen molar-refractivity contribution < 1.29 is 9.47 Å². The molecule has 3 nitrogen and oxygen atoms in total. The number of para-hydroxylation sites is 1. The predicted octanol–water partition coefficient (Wildman–Crippen LogP) is 7.21. The molecule has 0 N–H and O–H groups in total. The summed E-state index contributed by atoms with van der Waals surface area (Å²) in [6.45, 7) is 4.52. The lowest BCUT2D eigenvalue weighted by molar-refractivity contribution is 0.351. The molecule has 0 atom stereocenters. The molecule has 28 heavy (non-hydrogen) atoms. The molecule has 3 rings (SSSR count). The highest BCUT2D eigenvalue weighted by atomic mass is 79.9. The summed E-state index contributed by atoms with van der Waals surface area (Å²) in [5.74, 6) is 1.30. The molecule has 3 aromatic carbocycles. The summed E-state index contributed by atoms with van der Waals surface area (Å²) in [5.41, 5.74) is 4.34. The molecule has 5 heteroatoms. The van der Waals surface area contributed by atoms with Gasteiger partial charge in [-0.1, -0.05) is 55.1 Å². The smallest absolute Gasteiger partial charge is 0.178 e. The van der Waals surface area contributed by atoms with Gasteiger partial charge in [-0.2, -0.15) is 0 Å². The van der Waals surface area contributed by atoms with E-state index in [0.717, 1.165) is 25.9 Å². The molecular weight excluding hydrogens is 482 g/mol. The highest BCUT2D eigenvalue weighted by Crippen LogP contribution is 2.48. The van der Waals surface area contributed by atoms with E-state index in [1.54, 1.807) is 14.2 Å². The molecule has 0 unspecified atom stereocenters. The predicted molar refractivity (Wildman–Crippen MR) is 124 cm³/mol. The molecule has 0 aliphatic rings. The molecule has 0 aliphatic heterocycles. The Balaban J connectivity index is 2.12. The van der Waals surface area contributed by atoms with E-state index in [1.165, 1.54) is 5.56 Å². The van der Waals surface area contributed by atoms with Crippen molar-refractivity contribution in [2.45, 2.75) is 6.54 Å². The summed E-state index contributed by atoms with van der Waals surface area (Å²) in [4.78, 5) is 2.24. The number of rotatable bonds is 7. The first-order valence-corrected chi connectivity index (χ1v) is 10.3. The van der Waals surface area contributed by atoms with Crippen LogP contribution in [0.25, 0.3) is 6.08 Å². The minimum Gasteiger partial charge on any atom is -0.492 e. The Bertz CT molecular complexity index is 957. The van der Waals surface area contributed by atoms with Gasteiger partial charge in [-0.15, -0.1) is 0 Å². The summed E-state index contributed by atoms with van der Waals surface area (Å²) >= 11 is 7.34. The van der Waals surface area contributed by atoms with Gasteiger partial charge in [0, 0.05) is 12.2 Å². The molecule has 144 valence electrons. The third kappa shape index (κ3) is 4.26. The van der Waals surface area contributed by atoms with Gasteiger partial charge in [0.05, 0.1) is 28.9 Å². The Morgan fingerprint density at radius 3 is 2.14 bits per heavy atom. The second-order valence-corrected chi connectivity index (χ2v) is 7.77. The maximum atomic E-state index is 5.62. The van der Waals surface area contributed by atoms with E-state index in [-0.39, 0.29) is 0 Å². The molecule has 0 radical (unpaired) electrons. The van der Waals surface area contributed by atoms with Crippen LogP contribution in [0.3, 0.4) is 0 Å². The largest absolute Gasteiger partial charge is 0.492 e. The number of hydrogen-bond acceptors (Lipinski definition) is 3. The summed E-state index contributed by atoms with van der Waals surface area (Å²) in [7, 11) is 3.27. The van der Waals surface area contributed by atoms with Gasteiger partial charge in [0.15, 0.2) is 11.5 Å². The van der Waals surface area contributed by atoms with Crippen LogP contribution in [0.15, 0.2) is 76.2 Å². The molecular formula is C23H21Br2NO2. The van der Waals surface area contributed by atoms with Gasteiger partial charge in [-0.05, 0) is 61.2 Å². The zero-order valence-corrected chi connectivity index (χ0v) is 19.0. The number of benzene rings is 3. The van der Waals surface area contributed by atoms with Crippen molar-refractivity contribution in [2.75, 3.05) is 19.1 Å². The van der Waals surface area contributed by atoms with Crippen molar-refractivity contribution in [3.63, 3.8) is 0 Å². The first kappa shape index (κ1) is 20.5. The molecule has 0 saturated heterocycles. The van der Waals surface area contributed by atoms with Crippen molar-refractivity contribution in [3.8, 4) is 11.5 Å². The van der Waals surface area contributed by atoms with Crippen LogP contribution in [0.4, 0.5) is 11.4 Å². The highest BCUT2D eigenvalue weighted by molar-refractivity contribution is 9.11. The fourth-order valence-electron chi connectivity index (χ4n) is 3.01. The van der Waals surface area contributed by atoms with E-state index in [9.17, 15) is 0 Å². The maximum absolute atomic E-state index is 5.62. The van der Waals surface area contributed by atoms with Gasteiger partial charge in [0.25, 0.3) is 0 Å². The first-order valence-electron chi connectivity index (χ1n) is 8.73. The van der Waals surface area contributed by atoms with Gasteiger partial charge in [-0.25, -0.2) is 0 Å². The molecule has 0 aromatic heterocycles. The van der Waals surface area contributed by atoms with Gasteiger partial charge in [-0.3, -0.25) is 0 Å². The molecule has 0 heterocycles. The Labute approximate surface area is 182 Å². The van der Waals surface area contributed by atoms with Crippen LogP contribution in [0.1, 0.15) is 11.1 Å². The number of nitrogens with zero attached hydrogens (tertiary/aromatic N) is 1. The van der Waals surface area contributed by atoms with Crippen LogP contribution >= 0.6 is 31.9 Å². The normalized spacial score (nSPS) is 10.4. The second kappa shape index (κ2) is 9.30. The van der Waals surface area contributed by atoms with E-state index >= 15 is 0 Å². The topological polar surface area (TPSA) is 21.7 Å². The average Bonchev–Trinajstić information content (AvgIpc) is 2.74. The third-order valence-electron chi connectivity index (χ3n) is 4.43. The van der Waals surface area contributed by atoms with Crippen LogP contribution in [-0.4, -0.2) is 14.2 Å². The van der Waals surface area contributed by atoms with Crippen molar-refractivity contribution in [2.24, 2.45) is 0 Å². The minimum atomic E-state index is 0.648. The van der Waals surface area contributed by atoms with Gasteiger partial charge in [0.1, 0.15) is 0 Å².